The average Bonchev–Trinajstić information content (AvgIpc) is 2.61. The molecule has 1 aromatic carbocycles. The lowest BCUT2D eigenvalue weighted by Gasteiger charge is -2.08. The van der Waals surface area contributed by atoms with Gasteiger partial charge in [-0.2, -0.15) is 5.10 Å². The molecule has 1 heterocycles. The monoisotopic (exact) mass is 275 g/mol. The van der Waals surface area contributed by atoms with E-state index in [-0.39, 0.29) is 11.4 Å². The number of hydrogen-bond acceptors (Lipinski definition) is 5. The number of anilines is 2. The van der Waals surface area contributed by atoms with Crippen molar-refractivity contribution in [1.82, 2.24) is 9.78 Å². The molecular weight excluding hydrogens is 258 g/mol. The van der Waals surface area contributed by atoms with Crippen molar-refractivity contribution >= 4 is 17.1 Å². The Bertz CT molecular complexity index is 663. The van der Waals surface area contributed by atoms with Crippen LogP contribution in [0.3, 0.4) is 0 Å². The van der Waals surface area contributed by atoms with Crippen LogP contribution in [0, 0.1) is 24.0 Å². The highest BCUT2D eigenvalue weighted by atomic mass is 16.6. The van der Waals surface area contributed by atoms with Crippen LogP contribution in [0.2, 0.25) is 0 Å². The van der Waals surface area contributed by atoms with E-state index in [1.807, 2.05) is 20.9 Å². The predicted molar refractivity (Wildman–Crippen MR) is 77.5 cm³/mol. The molecule has 0 bridgehead atoms. The lowest BCUT2D eigenvalue weighted by Crippen LogP contribution is -2.06. The summed E-state index contributed by atoms with van der Waals surface area (Å²) in [6.45, 7) is 4.35. The van der Waals surface area contributed by atoms with Gasteiger partial charge < -0.3 is 11.1 Å². The predicted octanol–water partition coefficient (Wildman–Crippen LogP) is 2.14. The highest BCUT2D eigenvalue weighted by molar-refractivity contribution is 5.74. The minimum absolute atomic E-state index is 0.0910. The van der Waals surface area contributed by atoms with Gasteiger partial charge in [0.05, 0.1) is 10.6 Å². The van der Waals surface area contributed by atoms with Crippen molar-refractivity contribution in [1.29, 1.82) is 0 Å². The quantitative estimate of drug-likeness (QED) is 0.506. The molecule has 0 atom stereocenters. The van der Waals surface area contributed by atoms with Crippen molar-refractivity contribution in [3.63, 3.8) is 0 Å². The van der Waals surface area contributed by atoms with Crippen LogP contribution < -0.4 is 11.1 Å². The molecule has 0 aliphatic heterocycles. The molecule has 2 aromatic rings. The summed E-state index contributed by atoms with van der Waals surface area (Å²) in [5, 5.41) is 18.4. The van der Waals surface area contributed by atoms with Gasteiger partial charge in [-0.25, -0.2) is 0 Å². The number of rotatable bonds is 4. The number of nitrogens with one attached hydrogen (secondary N) is 1. The van der Waals surface area contributed by atoms with E-state index in [9.17, 15) is 10.1 Å². The van der Waals surface area contributed by atoms with Gasteiger partial charge in [0.15, 0.2) is 0 Å². The number of hydrogen-bond donors (Lipinski definition) is 2. The molecule has 0 aliphatic rings. The van der Waals surface area contributed by atoms with Crippen LogP contribution in [0.5, 0.6) is 0 Å². The third kappa shape index (κ3) is 2.42. The van der Waals surface area contributed by atoms with E-state index in [1.165, 1.54) is 6.07 Å². The van der Waals surface area contributed by atoms with E-state index in [0.717, 1.165) is 17.0 Å². The molecular formula is C13H17N5O2. The molecule has 0 fully saturated rings. The number of nitrogens with zero attached hydrogens (tertiary/aromatic N) is 3. The Balaban J connectivity index is 2.28. The average molecular weight is 275 g/mol. The number of benzene rings is 1. The van der Waals surface area contributed by atoms with Gasteiger partial charge in [0.2, 0.25) is 0 Å². The Morgan fingerprint density at radius 1 is 1.45 bits per heavy atom. The van der Waals surface area contributed by atoms with E-state index in [2.05, 4.69) is 10.4 Å². The van der Waals surface area contributed by atoms with E-state index in [0.29, 0.717) is 12.2 Å². The molecule has 7 heteroatoms. The summed E-state index contributed by atoms with van der Waals surface area (Å²) >= 11 is 0. The third-order valence-electron chi connectivity index (χ3n) is 3.36. The van der Waals surface area contributed by atoms with Crippen LogP contribution in [0.15, 0.2) is 18.2 Å². The normalized spacial score (nSPS) is 10.6. The van der Waals surface area contributed by atoms with Gasteiger partial charge in [-0.1, -0.05) is 6.07 Å². The summed E-state index contributed by atoms with van der Waals surface area (Å²) < 4.78 is 1.79. The fourth-order valence-electron chi connectivity index (χ4n) is 2.16. The zero-order valence-corrected chi connectivity index (χ0v) is 11.7. The number of aromatic nitrogens is 2. The SMILES string of the molecule is Cc1nn(C)c(C)c1CNc1cccc(N)c1[N+](=O)[O-]. The fraction of sp³-hybridized carbons (Fsp3) is 0.308. The van der Waals surface area contributed by atoms with Gasteiger partial charge in [0.1, 0.15) is 11.4 Å². The number of nitrogens with two attached hydrogens (primary N) is 1. The molecule has 1 aromatic heterocycles. The molecule has 0 amide bonds. The van der Waals surface area contributed by atoms with Crippen molar-refractivity contribution in [2.45, 2.75) is 20.4 Å². The van der Waals surface area contributed by atoms with Gasteiger partial charge in [-0.05, 0) is 26.0 Å². The van der Waals surface area contributed by atoms with Gasteiger partial charge in [-0.3, -0.25) is 14.8 Å². The van der Waals surface area contributed by atoms with Gasteiger partial charge in [0.25, 0.3) is 0 Å². The van der Waals surface area contributed by atoms with E-state index in [1.54, 1.807) is 16.8 Å². The van der Waals surface area contributed by atoms with Crippen LogP contribution in [0.25, 0.3) is 0 Å². The van der Waals surface area contributed by atoms with Gasteiger partial charge >= 0.3 is 5.69 Å². The largest absolute Gasteiger partial charge is 0.393 e. The van der Waals surface area contributed by atoms with Crippen LogP contribution in [-0.2, 0) is 13.6 Å². The Morgan fingerprint density at radius 3 is 2.70 bits per heavy atom. The highest BCUT2D eigenvalue weighted by Gasteiger charge is 2.18. The zero-order chi connectivity index (χ0) is 14.9. The lowest BCUT2D eigenvalue weighted by molar-refractivity contribution is -0.383. The molecule has 106 valence electrons. The van der Waals surface area contributed by atoms with Crippen molar-refractivity contribution in [2.24, 2.45) is 7.05 Å². The molecule has 3 N–H and O–H groups in total. The first-order chi connectivity index (χ1) is 9.41. The molecule has 0 spiro atoms. The first kappa shape index (κ1) is 13.9. The standard InChI is InChI=1S/C13H17N5O2/c1-8-10(9(2)17(3)16-8)7-15-12-6-4-5-11(14)13(12)18(19)20/h4-6,15H,7,14H2,1-3H3. The van der Waals surface area contributed by atoms with Crippen LogP contribution in [-0.4, -0.2) is 14.7 Å². The third-order valence-corrected chi connectivity index (χ3v) is 3.36. The summed E-state index contributed by atoms with van der Waals surface area (Å²) in [7, 11) is 1.87. The second kappa shape index (κ2) is 5.20. The lowest BCUT2D eigenvalue weighted by atomic mass is 10.2. The Labute approximate surface area is 116 Å². The van der Waals surface area contributed by atoms with E-state index in [4.69, 9.17) is 5.73 Å². The van der Waals surface area contributed by atoms with Crippen LogP contribution in [0.1, 0.15) is 17.0 Å². The van der Waals surface area contributed by atoms with Crippen molar-refractivity contribution in [3.8, 4) is 0 Å². The van der Waals surface area contributed by atoms with Crippen molar-refractivity contribution < 1.29 is 4.92 Å². The highest BCUT2D eigenvalue weighted by Crippen LogP contribution is 2.31. The van der Waals surface area contributed by atoms with Gasteiger partial charge in [-0.15, -0.1) is 0 Å². The Kier molecular flexibility index (Phi) is 3.60. The van der Waals surface area contributed by atoms with Gasteiger partial charge in [0, 0.05) is 24.8 Å². The Hall–Kier alpha value is -2.57. The molecule has 20 heavy (non-hydrogen) atoms. The van der Waals surface area contributed by atoms with Crippen LogP contribution in [0.4, 0.5) is 17.1 Å². The molecule has 7 nitrogen and oxygen atoms in total. The number of aryl methyl sites for hydroxylation is 2. The summed E-state index contributed by atoms with van der Waals surface area (Å²) in [5.74, 6) is 0. The topological polar surface area (TPSA) is 99.0 Å². The number of nitro groups is 1. The second-order valence-electron chi connectivity index (χ2n) is 4.63. The maximum absolute atomic E-state index is 11.1. The smallest absolute Gasteiger partial charge is 0.314 e. The summed E-state index contributed by atoms with van der Waals surface area (Å²) in [4.78, 5) is 10.6. The van der Waals surface area contributed by atoms with Crippen LogP contribution >= 0.6 is 0 Å². The van der Waals surface area contributed by atoms with E-state index < -0.39 is 4.92 Å². The number of para-hydroxylation sites is 1. The molecule has 0 saturated heterocycles. The molecule has 0 saturated carbocycles. The number of nitro benzene ring substituents is 1. The molecule has 0 aliphatic carbocycles. The maximum atomic E-state index is 11.1. The summed E-state index contributed by atoms with van der Waals surface area (Å²) in [6, 6.07) is 4.85. The minimum atomic E-state index is -0.472. The molecule has 0 radical (unpaired) electrons. The van der Waals surface area contributed by atoms with Crippen molar-refractivity contribution in [2.75, 3.05) is 11.1 Å². The fourth-order valence-corrected chi connectivity index (χ4v) is 2.16. The summed E-state index contributed by atoms with van der Waals surface area (Å²) in [6.07, 6.45) is 0. The zero-order valence-electron chi connectivity index (χ0n) is 11.7. The number of nitrogen functional groups attached to an aromatic ring is 1. The summed E-state index contributed by atoms with van der Waals surface area (Å²) in [5.41, 5.74) is 9.10. The first-order valence-corrected chi connectivity index (χ1v) is 6.17. The Morgan fingerprint density at radius 2 is 2.15 bits per heavy atom. The van der Waals surface area contributed by atoms with E-state index >= 15 is 0 Å². The molecule has 2 rings (SSSR count). The van der Waals surface area contributed by atoms with Crippen molar-refractivity contribution in [3.05, 3.63) is 45.3 Å². The first-order valence-electron chi connectivity index (χ1n) is 6.17. The molecule has 0 unspecified atom stereocenters. The maximum Gasteiger partial charge on any atom is 0.314 e. The minimum Gasteiger partial charge on any atom is -0.393 e. The second-order valence-corrected chi connectivity index (χ2v) is 4.63.